The van der Waals surface area contributed by atoms with E-state index in [1.165, 1.54) is 10.6 Å². The molecule has 100 valence electrons. The van der Waals surface area contributed by atoms with Gasteiger partial charge in [0, 0.05) is 24.2 Å². The number of hydrogen-bond donors (Lipinski definition) is 2. The number of amides is 1. The summed E-state index contributed by atoms with van der Waals surface area (Å²) in [5, 5.41) is 6.70. The Bertz CT molecular complexity index is 835. The summed E-state index contributed by atoms with van der Waals surface area (Å²) in [5.74, 6) is 0.0177. The molecule has 0 spiro atoms. The van der Waals surface area contributed by atoms with E-state index in [0.717, 1.165) is 0 Å². The van der Waals surface area contributed by atoms with Gasteiger partial charge in [0.2, 0.25) is 0 Å². The minimum atomic E-state index is -0.413. The van der Waals surface area contributed by atoms with Gasteiger partial charge in [-0.1, -0.05) is 6.07 Å². The van der Waals surface area contributed by atoms with Gasteiger partial charge < -0.3 is 10.3 Å². The zero-order valence-corrected chi connectivity index (χ0v) is 10.6. The Morgan fingerprint density at radius 1 is 1.40 bits per heavy atom. The highest BCUT2D eigenvalue weighted by molar-refractivity contribution is 6.03. The van der Waals surface area contributed by atoms with Crippen molar-refractivity contribution in [3.05, 3.63) is 58.4 Å². The van der Waals surface area contributed by atoms with Crippen molar-refractivity contribution >= 4 is 17.2 Å². The average Bonchev–Trinajstić information content (AvgIpc) is 2.84. The Morgan fingerprint density at radius 2 is 2.25 bits per heavy atom. The third-order valence-electron chi connectivity index (χ3n) is 2.73. The molecule has 1 amide bonds. The van der Waals surface area contributed by atoms with Crippen molar-refractivity contribution in [1.29, 1.82) is 0 Å². The fraction of sp³-hybridized carbons (Fsp3) is 0.0769. The minimum Gasteiger partial charge on any atom is -0.323 e. The topological polar surface area (TPSA) is 92.2 Å². The van der Waals surface area contributed by atoms with Crippen molar-refractivity contribution in [2.45, 2.75) is 6.92 Å². The van der Waals surface area contributed by atoms with Crippen LogP contribution in [0, 0.1) is 6.92 Å². The van der Waals surface area contributed by atoms with Crippen LogP contribution in [-0.2, 0) is 0 Å². The third kappa shape index (κ3) is 2.16. The number of aryl methyl sites for hydroxylation is 1. The zero-order chi connectivity index (χ0) is 14.1. The lowest BCUT2D eigenvalue weighted by Gasteiger charge is -2.00. The number of hydrogen-bond acceptors (Lipinski definition) is 4. The fourth-order valence-corrected chi connectivity index (χ4v) is 1.85. The predicted molar refractivity (Wildman–Crippen MR) is 72.7 cm³/mol. The lowest BCUT2D eigenvalue weighted by atomic mass is 10.3. The van der Waals surface area contributed by atoms with Crippen molar-refractivity contribution in [3.8, 4) is 0 Å². The Hall–Kier alpha value is -2.96. The SMILES string of the molecule is Cc1cn2nc(C(=O)Nc3ccccn3)cc2c(=O)[nH]1. The first-order valence-corrected chi connectivity index (χ1v) is 5.95. The summed E-state index contributed by atoms with van der Waals surface area (Å²) in [6.07, 6.45) is 3.22. The van der Waals surface area contributed by atoms with Crippen LogP contribution in [0.3, 0.4) is 0 Å². The number of rotatable bonds is 2. The molecule has 0 saturated carbocycles. The van der Waals surface area contributed by atoms with Gasteiger partial charge in [0.1, 0.15) is 11.3 Å². The van der Waals surface area contributed by atoms with E-state index < -0.39 is 5.91 Å². The quantitative estimate of drug-likeness (QED) is 0.725. The largest absolute Gasteiger partial charge is 0.323 e. The van der Waals surface area contributed by atoms with E-state index in [1.807, 2.05) is 0 Å². The number of carbonyl (C=O) groups excluding carboxylic acids is 1. The summed E-state index contributed by atoms with van der Waals surface area (Å²) in [5.41, 5.74) is 0.866. The van der Waals surface area contributed by atoms with Gasteiger partial charge >= 0.3 is 0 Å². The summed E-state index contributed by atoms with van der Waals surface area (Å²) in [6.45, 7) is 1.75. The van der Waals surface area contributed by atoms with Crippen LogP contribution >= 0.6 is 0 Å². The molecule has 3 rings (SSSR count). The van der Waals surface area contributed by atoms with E-state index in [1.54, 1.807) is 37.5 Å². The number of fused-ring (bicyclic) bond motifs is 1. The number of nitrogens with one attached hydrogen (secondary N) is 2. The Kier molecular flexibility index (Phi) is 2.79. The Labute approximate surface area is 113 Å². The third-order valence-corrected chi connectivity index (χ3v) is 2.73. The molecule has 7 heteroatoms. The maximum atomic E-state index is 12.0. The average molecular weight is 269 g/mol. The monoisotopic (exact) mass is 269 g/mol. The molecule has 7 nitrogen and oxygen atoms in total. The van der Waals surface area contributed by atoms with Gasteiger partial charge in [0.15, 0.2) is 5.69 Å². The molecule has 0 aliphatic rings. The van der Waals surface area contributed by atoms with Crippen LogP contribution in [0.1, 0.15) is 16.2 Å². The molecule has 0 atom stereocenters. The van der Waals surface area contributed by atoms with Crippen molar-refractivity contribution in [3.63, 3.8) is 0 Å². The van der Waals surface area contributed by atoms with Crippen LogP contribution in [-0.4, -0.2) is 25.5 Å². The smallest absolute Gasteiger partial charge is 0.277 e. The van der Waals surface area contributed by atoms with E-state index in [2.05, 4.69) is 20.4 Å². The molecule has 0 radical (unpaired) electrons. The number of carbonyl (C=O) groups is 1. The van der Waals surface area contributed by atoms with E-state index in [0.29, 0.717) is 17.0 Å². The molecule has 0 saturated heterocycles. The molecule has 0 unspecified atom stereocenters. The molecule has 0 aliphatic heterocycles. The highest BCUT2D eigenvalue weighted by Crippen LogP contribution is 2.06. The molecular weight excluding hydrogens is 258 g/mol. The Morgan fingerprint density at radius 3 is 3.00 bits per heavy atom. The summed E-state index contributed by atoms with van der Waals surface area (Å²) in [7, 11) is 0. The lowest BCUT2D eigenvalue weighted by molar-refractivity contribution is 0.102. The number of aromatic amines is 1. The van der Waals surface area contributed by atoms with Gasteiger partial charge in [0.05, 0.1) is 0 Å². The molecule has 2 N–H and O–H groups in total. The molecule has 0 fully saturated rings. The summed E-state index contributed by atoms with van der Waals surface area (Å²) in [6, 6.07) is 6.63. The lowest BCUT2D eigenvalue weighted by Crippen LogP contribution is -2.13. The van der Waals surface area contributed by atoms with Gasteiger partial charge in [-0.3, -0.25) is 9.59 Å². The second-order valence-electron chi connectivity index (χ2n) is 4.29. The van der Waals surface area contributed by atoms with E-state index >= 15 is 0 Å². The standard InChI is InChI=1S/C13H11N5O2/c1-8-7-18-10(13(20)15-8)6-9(17-18)12(19)16-11-4-2-3-5-14-11/h2-7H,1H3,(H,15,20)(H,14,16,19). The fourth-order valence-electron chi connectivity index (χ4n) is 1.85. The van der Waals surface area contributed by atoms with Crippen molar-refractivity contribution < 1.29 is 4.79 Å². The Balaban J connectivity index is 1.96. The van der Waals surface area contributed by atoms with E-state index in [-0.39, 0.29) is 11.3 Å². The van der Waals surface area contributed by atoms with Crippen molar-refractivity contribution in [2.75, 3.05) is 5.32 Å². The van der Waals surface area contributed by atoms with Gasteiger partial charge in [-0.05, 0) is 19.1 Å². The van der Waals surface area contributed by atoms with Crippen LogP contribution in [0.4, 0.5) is 5.82 Å². The van der Waals surface area contributed by atoms with Gasteiger partial charge in [-0.2, -0.15) is 5.10 Å². The van der Waals surface area contributed by atoms with E-state index in [4.69, 9.17) is 0 Å². The molecule has 20 heavy (non-hydrogen) atoms. The van der Waals surface area contributed by atoms with Crippen LogP contribution in [0.5, 0.6) is 0 Å². The second-order valence-corrected chi connectivity index (χ2v) is 4.29. The molecule has 0 bridgehead atoms. The number of H-pyrrole nitrogens is 1. The van der Waals surface area contributed by atoms with Crippen LogP contribution < -0.4 is 10.9 Å². The number of nitrogens with zero attached hydrogens (tertiary/aromatic N) is 3. The first-order chi connectivity index (χ1) is 9.63. The molecule has 0 aromatic carbocycles. The minimum absolute atomic E-state index is 0.159. The molecule has 3 heterocycles. The summed E-state index contributed by atoms with van der Waals surface area (Å²) in [4.78, 5) is 30.4. The van der Waals surface area contributed by atoms with Gasteiger partial charge in [-0.15, -0.1) is 0 Å². The molecule has 3 aromatic heterocycles. The molecule has 0 aliphatic carbocycles. The first-order valence-electron chi connectivity index (χ1n) is 5.95. The van der Waals surface area contributed by atoms with Crippen LogP contribution in [0.25, 0.3) is 5.52 Å². The molecule has 3 aromatic rings. The maximum Gasteiger partial charge on any atom is 0.277 e. The second kappa shape index (κ2) is 4.61. The number of aromatic nitrogens is 4. The first kappa shape index (κ1) is 12.1. The summed E-state index contributed by atoms with van der Waals surface area (Å²) < 4.78 is 1.39. The highest BCUT2D eigenvalue weighted by Gasteiger charge is 2.13. The number of pyridine rings is 1. The van der Waals surface area contributed by atoms with Gasteiger partial charge in [-0.25, -0.2) is 9.50 Å². The maximum absolute atomic E-state index is 12.0. The summed E-state index contributed by atoms with van der Waals surface area (Å²) >= 11 is 0. The van der Waals surface area contributed by atoms with Crippen LogP contribution in [0.2, 0.25) is 0 Å². The normalized spacial score (nSPS) is 10.7. The van der Waals surface area contributed by atoms with Crippen molar-refractivity contribution in [1.82, 2.24) is 19.6 Å². The van der Waals surface area contributed by atoms with Crippen molar-refractivity contribution in [2.24, 2.45) is 0 Å². The van der Waals surface area contributed by atoms with Crippen LogP contribution in [0.15, 0.2) is 41.5 Å². The zero-order valence-electron chi connectivity index (χ0n) is 10.6. The van der Waals surface area contributed by atoms with E-state index in [9.17, 15) is 9.59 Å². The highest BCUT2D eigenvalue weighted by atomic mass is 16.2. The predicted octanol–water partition coefficient (Wildman–Crippen LogP) is 0.978. The molecular formula is C13H11N5O2. The van der Waals surface area contributed by atoms with Gasteiger partial charge in [0.25, 0.3) is 11.5 Å². The number of anilines is 1.